The highest BCUT2D eigenvalue weighted by atomic mass is 16.5. The molecule has 9 nitrogen and oxygen atoms in total. The number of ether oxygens (including phenoxy) is 1. The molecule has 2 aliphatic rings. The van der Waals surface area contributed by atoms with E-state index in [1.165, 1.54) is 5.56 Å². The maximum atomic E-state index is 13.1. The Kier molecular flexibility index (Phi) is 7.42. The molecule has 0 bridgehead atoms. The molecule has 1 aromatic carbocycles. The third-order valence-corrected chi connectivity index (χ3v) is 6.68. The molecule has 188 valence electrons. The lowest BCUT2D eigenvalue weighted by molar-refractivity contribution is -0.129. The lowest BCUT2D eigenvalue weighted by Gasteiger charge is -2.34. The highest BCUT2D eigenvalue weighted by Gasteiger charge is 2.35. The molecule has 0 saturated carbocycles. The van der Waals surface area contributed by atoms with Crippen LogP contribution in [0.3, 0.4) is 0 Å². The summed E-state index contributed by atoms with van der Waals surface area (Å²) in [6.07, 6.45) is 0.799. The molecule has 0 spiro atoms. The Labute approximate surface area is 207 Å². The third-order valence-electron chi connectivity index (χ3n) is 6.68. The van der Waals surface area contributed by atoms with Gasteiger partial charge < -0.3 is 24.8 Å². The minimum Gasteiger partial charge on any atom is -0.494 e. The van der Waals surface area contributed by atoms with E-state index in [9.17, 15) is 9.59 Å². The van der Waals surface area contributed by atoms with Crippen LogP contribution in [0.5, 0.6) is 5.75 Å². The lowest BCUT2D eigenvalue weighted by Crippen LogP contribution is -2.48. The number of carbonyl (C=O) groups is 2. The third kappa shape index (κ3) is 5.33. The van der Waals surface area contributed by atoms with Crippen LogP contribution in [0.1, 0.15) is 54.9 Å². The predicted molar refractivity (Wildman–Crippen MR) is 136 cm³/mol. The van der Waals surface area contributed by atoms with Crippen molar-refractivity contribution in [3.8, 4) is 5.75 Å². The summed E-state index contributed by atoms with van der Waals surface area (Å²) >= 11 is 0. The molecule has 9 heteroatoms. The van der Waals surface area contributed by atoms with Gasteiger partial charge in [-0.3, -0.25) is 9.59 Å². The average molecular weight is 481 g/mol. The zero-order valence-electron chi connectivity index (χ0n) is 21.4. The van der Waals surface area contributed by atoms with Crippen molar-refractivity contribution in [1.82, 2.24) is 19.8 Å². The molecule has 0 radical (unpaired) electrons. The molecule has 0 unspecified atom stereocenters. The molecule has 4 rings (SSSR count). The van der Waals surface area contributed by atoms with Crippen molar-refractivity contribution >= 4 is 23.6 Å². The number of fused-ring (bicyclic) bond motifs is 1. The normalized spacial score (nSPS) is 15.6. The van der Waals surface area contributed by atoms with Gasteiger partial charge in [-0.05, 0) is 51.3 Å². The summed E-state index contributed by atoms with van der Waals surface area (Å²) in [7, 11) is 0. The quantitative estimate of drug-likeness (QED) is 0.621. The zero-order valence-corrected chi connectivity index (χ0v) is 21.4. The van der Waals surface area contributed by atoms with Gasteiger partial charge in [0.15, 0.2) is 0 Å². The van der Waals surface area contributed by atoms with E-state index in [1.54, 1.807) is 6.92 Å². The number of rotatable bonds is 8. The second-order valence-electron chi connectivity index (χ2n) is 9.43. The molecule has 1 N–H and O–H groups in total. The van der Waals surface area contributed by atoms with E-state index >= 15 is 0 Å². The first-order valence-corrected chi connectivity index (χ1v) is 12.5. The van der Waals surface area contributed by atoms with Crippen molar-refractivity contribution in [3.63, 3.8) is 0 Å². The molecular formula is C26H36N6O3. The predicted octanol–water partition coefficient (Wildman–Crippen LogP) is 2.87. The van der Waals surface area contributed by atoms with Gasteiger partial charge in [-0.1, -0.05) is 12.1 Å². The fourth-order valence-electron chi connectivity index (χ4n) is 4.54. The Morgan fingerprint density at radius 1 is 1.17 bits per heavy atom. The topological polar surface area (TPSA) is 90.9 Å². The summed E-state index contributed by atoms with van der Waals surface area (Å²) in [4.78, 5) is 40.1. The second-order valence-corrected chi connectivity index (χ2v) is 9.43. The number of carbonyl (C=O) groups excluding carboxylic acids is 2. The summed E-state index contributed by atoms with van der Waals surface area (Å²) in [6, 6.07) is 6.38. The molecular weight excluding hydrogens is 444 g/mol. The monoisotopic (exact) mass is 480 g/mol. The Hall–Kier alpha value is -3.36. The van der Waals surface area contributed by atoms with Crippen LogP contribution in [-0.4, -0.2) is 77.0 Å². The lowest BCUT2D eigenvalue weighted by atomic mass is 10.1. The van der Waals surface area contributed by atoms with Gasteiger partial charge in [0.25, 0.3) is 5.91 Å². The average Bonchev–Trinajstić information content (AvgIpc) is 3.18. The molecule has 35 heavy (non-hydrogen) atoms. The minimum atomic E-state index is -0.0519. The van der Waals surface area contributed by atoms with Gasteiger partial charge in [-0.2, -0.15) is 4.98 Å². The number of anilines is 2. The van der Waals surface area contributed by atoms with Crippen LogP contribution in [0.4, 0.5) is 11.8 Å². The van der Waals surface area contributed by atoms with Crippen molar-refractivity contribution in [2.45, 2.75) is 53.6 Å². The van der Waals surface area contributed by atoms with Crippen molar-refractivity contribution < 1.29 is 14.3 Å². The van der Waals surface area contributed by atoms with Crippen LogP contribution in [0.2, 0.25) is 0 Å². The first kappa shape index (κ1) is 24.8. The maximum absolute atomic E-state index is 13.1. The van der Waals surface area contributed by atoms with Crippen LogP contribution in [0, 0.1) is 6.92 Å². The number of nitrogens with one attached hydrogen (secondary N) is 1. The van der Waals surface area contributed by atoms with Crippen molar-refractivity contribution in [2.75, 3.05) is 49.5 Å². The van der Waals surface area contributed by atoms with Crippen LogP contribution in [-0.2, 0) is 17.8 Å². The first-order valence-electron chi connectivity index (χ1n) is 12.5. The summed E-state index contributed by atoms with van der Waals surface area (Å²) in [5.41, 5.74) is 3.64. The highest BCUT2D eigenvalue weighted by Crippen LogP contribution is 2.31. The maximum Gasteiger partial charge on any atom is 0.273 e. The summed E-state index contributed by atoms with van der Waals surface area (Å²) in [5.74, 6) is 2.20. The number of hydrogen-bond acceptors (Lipinski definition) is 7. The number of piperazine rings is 1. The molecule has 2 aromatic rings. The van der Waals surface area contributed by atoms with Gasteiger partial charge in [0.2, 0.25) is 11.9 Å². The van der Waals surface area contributed by atoms with Gasteiger partial charge >= 0.3 is 0 Å². The fraction of sp³-hybridized carbons (Fsp3) is 0.538. The van der Waals surface area contributed by atoms with Crippen molar-refractivity contribution in [1.29, 1.82) is 0 Å². The molecule has 1 aromatic heterocycles. The Bertz CT molecular complexity index is 1090. The van der Waals surface area contributed by atoms with Crippen LogP contribution in [0.25, 0.3) is 0 Å². The molecule has 2 amide bonds. The standard InChI is InChI=1S/C26H36N6O3/c1-6-35-22-15-20(8-7-18(22)4)9-10-27-24-21-16-32(17(2)3)25(34)23(21)28-26(29-24)31-13-11-30(12-14-31)19(5)33/h7-8,15,17H,6,9-14,16H2,1-5H3,(H,27,28,29). The smallest absolute Gasteiger partial charge is 0.273 e. The molecule has 1 saturated heterocycles. The van der Waals surface area contributed by atoms with E-state index < -0.39 is 0 Å². The van der Waals surface area contributed by atoms with Gasteiger partial charge in [0, 0.05) is 51.3 Å². The Balaban J connectivity index is 1.54. The number of nitrogens with zero attached hydrogens (tertiary/aromatic N) is 5. The van der Waals surface area contributed by atoms with Gasteiger partial charge in [-0.15, -0.1) is 0 Å². The number of aryl methyl sites for hydroxylation is 1. The first-order chi connectivity index (χ1) is 16.8. The van der Waals surface area contributed by atoms with E-state index in [4.69, 9.17) is 14.7 Å². The van der Waals surface area contributed by atoms with E-state index in [0.717, 1.165) is 23.3 Å². The second kappa shape index (κ2) is 10.5. The van der Waals surface area contributed by atoms with Crippen molar-refractivity contribution in [3.05, 3.63) is 40.6 Å². The summed E-state index contributed by atoms with van der Waals surface area (Å²) in [5, 5.41) is 3.48. The van der Waals surface area contributed by atoms with Crippen LogP contribution in [0.15, 0.2) is 18.2 Å². The van der Waals surface area contributed by atoms with Gasteiger partial charge in [0.1, 0.15) is 17.3 Å². The van der Waals surface area contributed by atoms with E-state index in [-0.39, 0.29) is 17.9 Å². The number of aromatic nitrogens is 2. The van der Waals surface area contributed by atoms with Crippen LogP contribution >= 0.6 is 0 Å². The van der Waals surface area contributed by atoms with E-state index in [1.807, 2.05) is 37.5 Å². The van der Waals surface area contributed by atoms with Crippen molar-refractivity contribution in [2.24, 2.45) is 0 Å². The largest absolute Gasteiger partial charge is 0.494 e. The Morgan fingerprint density at radius 2 is 1.91 bits per heavy atom. The van der Waals surface area contributed by atoms with E-state index in [2.05, 4.69) is 28.4 Å². The highest BCUT2D eigenvalue weighted by molar-refractivity contribution is 5.98. The minimum absolute atomic E-state index is 0.0519. The summed E-state index contributed by atoms with van der Waals surface area (Å²) in [6.45, 7) is 14.0. The zero-order chi connectivity index (χ0) is 25.1. The molecule has 0 atom stereocenters. The molecule has 3 heterocycles. The molecule has 2 aliphatic heterocycles. The van der Waals surface area contributed by atoms with E-state index in [0.29, 0.717) is 63.3 Å². The molecule has 1 fully saturated rings. The number of amides is 2. The summed E-state index contributed by atoms with van der Waals surface area (Å²) < 4.78 is 5.74. The van der Waals surface area contributed by atoms with Gasteiger partial charge in [-0.25, -0.2) is 4.98 Å². The van der Waals surface area contributed by atoms with Crippen LogP contribution < -0.4 is 15.0 Å². The molecule has 0 aliphatic carbocycles. The number of benzene rings is 1. The Morgan fingerprint density at radius 3 is 2.57 bits per heavy atom. The fourth-order valence-corrected chi connectivity index (χ4v) is 4.54. The van der Waals surface area contributed by atoms with Gasteiger partial charge in [0.05, 0.1) is 13.2 Å². The number of hydrogen-bond donors (Lipinski definition) is 1. The SMILES string of the molecule is CCOc1cc(CCNc2nc(N3CCN(C(C)=O)CC3)nc3c2CN(C(C)C)C3=O)ccc1C.